The maximum Gasteiger partial charge on any atom is 0.162 e. The molecule has 2 aromatic rings. The van der Waals surface area contributed by atoms with Gasteiger partial charge in [0.2, 0.25) is 0 Å². The summed E-state index contributed by atoms with van der Waals surface area (Å²) in [7, 11) is 3.27. The van der Waals surface area contributed by atoms with Crippen molar-refractivity contribution < 1.29 is 9.47 Å². The van der Waals surface area contributed by atoms with E-state index < -0.39 is 0 Å². The maximum absolute atomic E-state index is 5.41. The van der Waals surface area contributed by atoms with Crippen LogP contribution in [0.5, 0.6) is 11.5 Å². The van der Waals surface area contributed by atoms with Gasteiger partial charge >= 0.3 is 0 Å². The first-order chi connectivity index (χ1) is 11.7. The Morgan fingerprint density at radius 1 is 1.00 bits per heavy atom. The highest BCUT2D eigenvalue weighted by Gasteiger charge is 2.21. The van der Waals surface area contributed by atoms with E-state index in [1.54, 1.807) is 20.5 Å². The summed E-state index contributed by atoms with van der Waals surface area (Å²) >= 11 is 0. The minimum Gasteiger partial charge on any atom is -0.493 e. The molecule has 0 atom stereocenters. The van der Waals surface area contributed by atoms with E-state index in [1.165, 1.54) is 12.8 Å². The van der Waals surface area contributed by atoms with Gasteiger partial charge in [0, 0.05) is 23.5 Å². The topological polar surface area (TPSA) is 68.3 Å². The molecule has 24 heavy (non-hydrogen) atoms. The Morgan fingerprint density at radius 2 is 1.67 bits per heavy atom. The number of anilines is 1. The number of aromatic nitrogens is 2. The van der Waals surface area contributed by atoms with Crippen LogP contribution in [0.4, 0.5) is 5.82 Å². The van der Waals surface area contributed by atoms with Gasteiger partial charge in [-0.1, -0.05) is 6.92 Å². The van der Waals surface area contributed by atoms with Crippen molar-refractivity contribution in [2.75, 3.05) is 26.1 Å². The zero-order valence-electron chi connectivity index (χ0n) is 14.6. The van der Waals surface area contributed by atoms with Crippen LogP contribution in [-0.4, -0.2) is 42.8 Å². The number of nitrogens with zero attached hydrogens (tertiary/aromatic N) is 2. The molecule has 3 rings (SSSR count). The van der Waals surface area contributed by atoms with E-state index in [9.17, 15) is 0 Å². The molecule has 1 aliphatic rings. The molecule has 1 aromatic carbocycles. The van der Waals surface area contributed by atoms with Crippen molar-refractivity contribution in [3.8, 4) is 11.5 Å². The number of rotatable bonds is 6. The van der Waals surface area contributed by atoms with E-state index >= 15 is 0 Å². The van der Waals surface area contributed by atoms with Crippen LogP contribution >= 0.6 is 0 Å². The monoisotopic (exact) mass is 330 g/mol. The van der Waals surface area contributed by atoms with Gasteiger partial charge in [0.25, 0.3) is 0 Å². The summed E-state index contributed by atoms with van der Waals surface area (Å²) in [6.45, 7) is 3.21. The van der Waals surface area contributed by atoms with E-state index in [0.29, 0.717) is 23.6 Å². The second-order valence-corrected chi connectivity index (χ2v) is 6.20. The summed E-state index contributed by atoms with van der Waals surface area (Å²) in [5.41, 5.74) is 0.853. The minimum absolute atomic E-state index is 0.450. The van der Waals surface area contributed by atoms with Crippen molar-refractivity contribution in [3.05, 3.63) is 18.5 Å². The average molecular weight is 330 g/mol. The standard InChI is InChI=1S/C18H26N4O2/c1-4-19-12-5-7-13(8-6-12)22-18-14-9-16(23-2)17(24-3)10-15(14)20-11-21-18/h9-13,19H,4-8H2,1-3H3,(H,20,21,22). The molecule has 0 amide bonds. The summed E-state index contributed by atoms with van der Waals surface area (Å²) in [5.74, 6) is 2.24. The van der Waals surface area contributed by atoms with Crippen molar-refractivity contribution in [2.45, 2.75) is 44.7 Å². The summed E-state index contributed by atoms with van der Waals surface area (Å²) in [4.78, 5) is 8.81. The highest BCUT2D eigenvalue weighted by Crippen LogP contribution is 2.34. The Bertz CT molecular complexity index is 684. The van der Waals surface area contributed by atoms with Crippen LogP contribution in [0.3, 0.4) is 0 Å². The van der Waals surface area contributed by atoms with Crippen molar-refractivity contribution in [1.82, 2.24) is 15.3 Å². The molecule has 1 fully saturated rings. The Labute approximate surface area is 143 Å². The average Bonchev–Trinajstić information content (AvgIpc) is 2.62. The van der Waals surface area contributed by atoms with Gasteiger partial charge in [-0.05, 0) is 38.3 Å². The normalized spacial score (nSPS) is 20.8. The summed E-state index contributed by atoms with van der Waals surface area (Å²) < 4.78 is 10.8. The molecule has 1 heterocycles. The maximum atomic E-state index is 5.41. The lowest BCUT2D eigenvalue weighted by Gasteiger charge is -2.30. The first kappa shape index (κ1) is 16.8. The summed E-state index contributed by atoms with van der Waals surface area (Å²) in [5, 5.41) is 8.10. The van der Waals surface area contributed by atoms with Crippen LogP contribution in [0.1, 0.15) is 32.6 Å². The van der Waals surface area contributed by atoms with Crippen LogP contribution < -0.4 is 20.1 Å². The number of ether oxygens (including phenoxy) is 2. The molecule has 0 spiro atoms. The quantitative estimate of drug-likeness (QED) is 0.849. The second kappa shape index (κ2) is 7.66. The lowest BCUT2D eigenvalue weighted by atomic mass is 9.91. The Balaban J connectivity index is 1.80. The third-order valence-electron chi connectivity index (χ3n) is 4.70. The van der Waals surface area contributed by atoms with Gasteiger partial charge in [-0.3, -0.25) is 0 Å². The first-order valence-corrected chi connectivity index (χ1v) is 8.61. The fraction of sp³-hybridized carbons (Fsp3) is 0.556. The molecule has 0 unspecified atom stereocenters. The zero-order valence-corrected chi connectivity index (χ0v) is 14.6. The molecule has 6 heteroatoms. The molecular formula is C18H26N4O2. The Kier molecular flexibility index (Phi) is 5.35. The molecule has 1 aromatic heterocycles. The van der Waals surface area contributed by atoms with Crippen LogP contribution in [0.15, 0.2) is 18.5 Å². The van der Waals surface area contributed by atoms with Gasteiger partial charge in [-0.2, -0.15) is 0 Å². The number of benzene rings is 1. The molecule has 0 radical (unpaired) electrons. The van der Waals surface area contributed by atoms with Gasteiger partial charge in [-0.25, -0.2) is 9.97 Å². The smallest absolute Gasteiger partial charge is 0.162 e. The van der Waals surface area contributed by atoms with Crippen molar-refractivity contribution in [3.63, 3.8) is 0 Å². The Morgan fingerprint density at radius 3 is 2.33 bits per heavy atom. The van der Waals surface area contributed by atoms with E-state index in [1.807, 2.05) is 12.1 Å². The fourth-order valence-corrected chi connectivity index (χ4v) is 3.42. The fourth-order valence-electron chi connectivity index (χ4n) is 3.42. The SMILES string of the molecule is CCNC1CCC(Nc2ncnc3cc(OC)c(OC)cc23)CC1. The summed E-state index contributed by atoms with van der Waals surface area (Å²) in [6, 6.07) is 4.94. The van der Waals surface area contributed by atoms with Crippen LogP contribution in [0.25, 0.3) is 10.9 Å². The molecule has 2 N–H and O–H groups in total. The molecule has 1 saturated carbocycles. The van der Waals surface area contributed by atoms with Crippen molar-refractivity contribution >= 4 is 16.7 Å². The minimum atomic E-state index is 0.450. The molecule has 0 saturated heterocycles. The van der Waals surface area contributed by atoms with Crippen LogP contribution in [-0.2, 0) is 0 Å². The predicted octanol–water partition coefficient (Wildman–Crippen LogP) is 2.98. The van der Waals surface area contributed by atoms with Gasteiger partial charge in [0.1, 0.15) is 12.1 Å². The summed E-state index contributed by atoms with van der Waals surface area (Å²) in [6.07, 6.45) is 6.30. The molecule has 0 aliphatic heterocycles. The molecule has 1 aliphatic carbocycles. The Hall–Kier alpha value is -2.08. The first-order valence-electron chi connectivity index (χ1n) is 8.61. The van der Waals surface area contributed by atoms with E-state index in [-0.39, 0.29) is 0 Å². The van der Waals surface area contributed by atoms with Crippen LogP contribution in [0, 0.1) is 0 Å². The number of fused-ring (bicyclic) bond motifs is 1. The van der Waals surface area contributed by atoms with Crippen LogP contribution in [0.2, 0.25) is 0 Å². The highest BCUT2D eigenvalue weighted by atomic mass is 16.5. The zero-order chi connectivity index (χ0) is 16.9. The second-order valence-electron chi connectivity index (χ2n) is 6.20. The molecule has 6 nitrogen and oxygen atoms in total. The third kappa shape index (κ3) is 3.53. The van der Waals surface area contributed by atoms with Gasteiger partial charge in [0.15, 0.2) is 11.5 Å². The number of hydrogen-bond donors (Lipinski definition) is 2. The largest absolute Gasteiger partial charge is 0.493 e. The van der Waals surface area contributed by atoms with Crippen molar-refractivity contribution in [1.29, 1.82) is 0 Å². The molecular weight excluding hydrogens is 304 g/mol. The van der Waals surface area contributed by atoms with Gasteiger partial charge in [-0.15, -0.1) is 0 Å². The lowest BCUT2D eigenvalue weighted by Crippen LogP contribution is -2.36. The number of nitrogens with one attached hydrogen (secondary N) is 2. The van der Waals surface area contributed by atoms with Crippen molar-refractivity contribution in [2.24, 2.45) is 0 Å². The van der Waals surface area contributed by atoms with E-state index in [0.717, 1.165) is 36.1 Å². The number of hydrogen-bond acceptors (Lipinski definition) is 6. The van der Waals surface area contributed by atoms with Gasteiger partial charge in [0.05, 0.1) is 19.7 Å². The van der Waals surface area contributed by atoms with E-state index in [2.05, 4.69) is 27.5 Å². The van der Waals surface area contributed by atoms with Gasteiger partial charge < -0.3 is 20.1 Å². The third-order valence-corrected chi connectivity index (χ3v) is 4.70. The lowest BCUT2D eigenvalue weighted by molar-refractivity contribution is 0.355. The predicted molar refractivity (Wildman–Crippen MR) is 96.0 cm³/mol. The molecule has 130 valence electrons. The number of methoxy groups -OCH3 is 2. The van der Waals surface area contributed by atoms with E-state index in [4.69, 9.17) is 9.47 Å². The molecule has 0 bridgehead atoms. The highest BCUT2D eigenvalue weighted by molar-refractivity contribution is 5.91.